The number of likely N-dealkylation sites (tertiary alicyclic amines) is 1. The quantitative estimate of drug-likeness (QED) is 0.814. The maximum absolute atomic E-state index is 12.0. The molecule has 2 aromatic heterocycles. The van der Waals surface area contributed by atoms with Crippen molar-refractivity contribution in [3.8, 4) is 0 Å². The van der Waals surface area contributed by atoms with Crippen LogP contribution in [-0.4, -0.2) is 49.9 Å². The Morgan fingerprint density at radius 1 is 1.41 bits per heavy atom. The first-order valence-electron chi connectivity index (χ1n) is 6.75. The molecule has 0 bridgehead atoms. The number of nitrogens with one attached hydrogen (secondary N) is 1. The Labute approximate surface area is 125 Å². The molecule has 1 N–H and O–H groups in total. The molecule has 3 heterocycles. The van der Waals surface area contributed by atoms with Crippen LogP contribution < -0.4 is 5.32 Å². The van der Waals surface area contributed by atoms with Crippen LogP contribution in [0.4, 0.5) is 0 Å². The molecule has 0 saturated carbocycles. The first-order chi connectivity index (χ1) is 10.6. The summed E-state index contributed by atoms with van der Waals surface area (Å²) in [6.45, 7) is 2.62. The first kappa shape index (κ1) is 14.1. The van der Waals surface area contributed by atoms with Gasteiger partial charge in [0.2, 0.25) is 11.8 Å². The summed E-state index contributed by atoms with van der Waals surface area (Å²) >= 11 is 0. The zero-order valence-electron chi connectivity index (χ0n) is 11.9. The number of aryl methyl sites for hydroxylation is 1. The van der Waals surface area contributed by atoms with Gasteiger partial charge in [0.1, 0.15) is 5.69 Å². The van der Waals surface area contributed by atoms with Crippen LogP contribution in [0.3, 0.4) is 0 Å². The van der Waals surface area contributed by atoms with Gasteiger partial charge >= 0.3 is 0 Å². The maximum Gasteiger partial charge on any atom is 0.274 e. The molecule has 1 fully saturated rings. The highest BCUT2D eigenvalue weighted by molar-refractivity contribution is 5.94. The molecule has 22 heavy (non-hydrogen) atoms. The predicted octanol–water partition coefficient (Wildman–Crippen LogP) is -0.444. The number of carbonyl (C=O) groups excluding carboxylic acids is 2. The van der Waals surface area contributed by atoms with Gasteiger partial charge in [0, 0.05) is 25.5 Å². The Morgan fingerprint density at radius 2 is 2.23 bits per heavy atom. The fraction of sp³-hybridized carbons (Fsp3) is 0.385. The average Bonchev–Trinajstić information content (AvgIpc) is 2.90. The molecule has 0 aromatic carbocycles. The van der Waals surface area contributed by atoms with Crippen LogP contribution in [0.5, 0.6) is 0 Å². The number of rotatable bonds is 4. The van der Waals surface area contributed by atoms with Gasteiger partial charge in [-0.15, -0.1) is 0 Å². The third-order valence-electron chi connectivity index (χ3n) is 3.31. The lowest BCUT2D eigenvalue weighted by Gasteiger charge is -2.37. The van der Waals surface area contributed by atoms with Crippen LogP contribution in [0.1, 0.15) is 22.2 Å². The van der Waals surface area contributed by atoms with Crippen molar-refractivity contribution in [1.82, 2.24) is 30.3 Å². The fourth-order valence-corrected chi connectivity index (χ4v) is 2.10. The van der Waals surface area contributed by atoms with E-state index >= 15 is 0 Å². The van der Waals surface area contributed by atoms with Crippen LogP contribution in [0.2, 0.25) is 0 Å². The number of hydrogen-bond acceptors (Lipinski definition) is 7. The summed E-state index contributed by atoms with van der Waals surface area (Å²) in [7, 11) is 0. The van der Waals surface area contributed by atoms with Gasteiger partial charge in [-0.05, 0) is 6.92 Å². The predicted molar refractivity (Wildman–Crippen MR) is 72.3 cm³/mol. The van der Waals surface area contributed by atoms with E-state index in [1.54, 1.807) is 11.8 Å². The molecule has 9 heteroatoms. The molecule has 1 saturated heterocycles. The smallest absolute Gasteiger partial charge is 0.274 e. The molecular formula is C13H14N6O3. The van der Waals surface area contributed by atoms with Gasteiger partial charge in [-0.25, -0.2) is 4.98 Å². The fourth-order valence-electron chi connectivity index (χ4n) is 2.10. The van der Waals surface area contributed by atoms with E-state index in [4.69, 9.17) is 4.52 Å². The summed E-state index contributed by atoms with van der Waals surface area (Å²) in [5.41, 5.74) is 0.280. The van der Waals surface area contributed by atoms with Crippen molar-refractivity contribution in [3.63, 3.8) is 0 Å². The molecule has 1 aliphatic rings. The average molecular weight is 302 g/mol. The van der Waals surface area contributed by atoms with Gasteiger partial charge in [-0.1, -0.05) is 5.16 Å². The van der Waals surface area contributed by atoms with Crippen LogP contribution in [0, 0.1) is 12.8 Å². The zero-order valence-corrected chi connectivity index (χ0v) is 11.9. The number of amides is 2. The van der Waals surface area contributed by atoms with Gasteiger partial charge in [0.15, 0.2) is 5.82 Å². The molecular weight excluding hydrogens is 288 g/mol. The molecule has 2 amide bonds. The zero-order chi connectivity index (χ0) is 15.5. The minimum Gasteiger partial charge on any atom is -0.347 e. The van der Waals surface area contributed by atoms with E-state index < -0.39 is 0 Å². The molecule has 3 rings (SSSR count). The summed E-state index contributed by atoms with van der Waals surface area (Å²) in [5.74, 6) is 0.291. The number of nitrogens with zero attached hydrogens (tertiary/aromatic N) is 5. The van der Waals surface area contributed by atoms with E-state index in [0.717, 1.165) is 0 Å². The molecule has 0 aliphatic carbocycles. The summed E-state index contributed by atoms with van der Waals surface area (Å²) in [4.78, 5) is 37.3. The van der Waals surface area contributed by atoms with E-state index in [1.807, 2.05) is 0 Å². The molecule has 0 atom stereocenters. The van der Waals surface area contributed by atoms with Crippen molar-refractivity contribution < 1.29 is 14.1 Å². The van der Waals surface area contributed by atoms with Crippen molar-refractivity contribution >= 4 is 11.8 Å². The van der Waals surface area contributed by atoms with E-state index in [2.05, 4.69) is 25.4 Å². The molecule has 0 radical (unpaired) electrons. The Hall–Kier alpha value is -2.84. The second-order valence-electron chi connectivity index (χ2n) is 4.95. The number of carbonyl (C=O) groups is 2. The largest absolute Gasteiger partial charge is 0.347 e. The van der Waals surface area contributed by atoms with Crippen LogP contribution in [-0.2, 0) is 11.3 Å². The van der Waals surface area contributed by atoms with Crippen LogP contribution in [0.15, 0.2) is 23.1 Å². The third-order valence-corrected chi connectivity index (χ3v) is 3.31. The lowest BCUT2D eigenvalue weighted by Crippen LogP contribution is -2.55. The topological polar surface area (TPSA) is 114 Å². The summed E-state index contributed by atoms with van der Waals surface area (Å²) in [6.07, 6.45) is 4.37. The molecule has 0 spiro atoms. The highest BCUT2D eigenvalue weighted by Gasteiger charge is 2.36. The Kier molecular flexibility index (Phi) is 3.77. The van der Waals surface area contributed by atoms with Gasteiger partial charge < -0.3 is 14.7 Å². The van der Waals surface area contributed by atoms with Crippen molar-refractivity contribution in [2.24, 2.45) is 5.92 Å². The molecule has 1 aliphatic heterocycles. The highest BCUT2D eigenvalue weighted by atomic mass is 16.5. The van der Waals surface area contributed by atoms with Crippen molar-refractivity contribution in [2.75, 3.05) is 13.1 Å². The van der Waals surface area contributed by atoms with Gasteiger partial charge in [-0.2, -0.15) is 4.98 Å². The second-order valence-corrected chi connectivity index (χ2v) is 4.95. The Morgan fingerprint density at radius 3 is 2.86 bits per heavy atom. The van der Waals surface area contributed by atoms with E-state index in [9.17, 15) is 9.59 Å². The van der Waals surface area contributed by atoms with Gasteiger partial charge in [0.05, 0.1) is 18.7 Å². The number of hydrogen-bond donors (Lipinski definition) is 1. The maximum atomic E-state index is 12.0. The normalized spacial score (nSPS) is 14.5. The van der Waals surface area contributed by atoms with Crippen molar-refractivity contribution in [2.45, 2.75) is 13.5 Å². The summed E-state index contributed by atoms with van der Waals surface area (Å²) < 4.78 is 4.91. The standard InChI is InChI=1S/C13H14N6O3/c1-8-17-11(22-18-8)5-16-12(20)9-6-19(7-9)13(21)10-4-14-2-3-15-10/h2-4,9H,5-7H2,1H3,(H,16,20). The third kappa shape index (κ3) is 2.92. The number of aromatic nitrogens is 4. The van der Waals surface area contributed by atoms with Crippen molar-refractivity contribution in [3.05, 3.63) is 36.0 Å². The minimum absolute atomic E-state index is 0.140. The Balaban J connectivity index is 1.46. The van der Waals surface area contributed by atoms with Gasteiger partial charge in [0.25, 0.3) is 5.91 Å². The second kappa shape index (κ2) is 5.88. The summed E-state index contributed by atoms with van der Waals surface area (Å²) in [6, 6.07) is 0. The molecule has 114 valence electrons. The SMILES string of the molecule is Cc1noc(CNC(=O)C2CN(C(=O)c3cnccn3)C2)n1. The van der Waals surface area contributed by atoms with Crippen LogP contribution >= 0.6 is 0 Å². The lowest BCUT2D eigenvalue weighted by molar-refractivity contribution is -0.129. The molecule has 2 aromatic rings. The lowest BCUT2D eigenvalue weighted by atomic mass is 9.98. The minimum atomic E-state index is -0.232. The van der Waals surface area contributed by atoms with E-state index in [1.165, 1.54) is 18.6 Å². The monoisotopic (exact) mass is 302 g/mol. The summed E-state index contributed by atoms with van der Waals surface area (Å²) in [5, 5.41) is 6.35. The van der Waals surface area contributed by atoms with Crippen molar-refractivity contribution in [1.29, 1.82) is 0 Å². The first-order valence-corrected chi connectivity index (χ1v) is 6.75. The Bertz CT molecular complexity index is 680. The molecule has 9 nitrogen and oxygen atoms in total. The van der Waals surface area contributed by atoms with Gasteiger partial charge in [-0.3, -0.25) is 14.6 Å². The van der Waals surface area contributed by atoms with E-state index in [0.29, 0.717) is 24.8 Å². The van der Waals surface area contributed by atoms with Crippen LogP contribution in [0.25, 0.3) is 0 Å². The van der Waals surface area contributed by atoms with E-state index in [-0.39, 0.29) is 30.0 Å². The molecule has 0 unspecified atom stereocenters. The highest BCUT2D eigenvalue weighted by Crippen LogP contribution is 2.18.